The molecule has 0 amide bonds. The Morgan fingerprint density at radius 1 is 0.857 bits per heavy atom. The van der Waals surface area contributed by atoms with Crippen LogP contribution in [0.3, 0.4) is 0 Å². The van der Waals surface area contributed by atoms with Gasteiger partial charge in [0.2, 0.25) is 0 Å². The second-order valence-electron chi connectivity index (χ2n) is 5.31. The number of methoxy groups -OCH3 is 1. The minimum Gasteiger partial charge on any atom is -0.496 e. The zero-order valence-electron chi connectivity index (χ0n) is 12.3. The molecule has 2 nitrogen and oxygen atoms in total. The lowest BCUT2D eigenvalue weighted by molar-refractivity contribution is 0.411. The first-order chi connectivity index (χ1) is 10.2. The Labute approximate surface area is 125 Å². The van der Waals surface area contributed by atoms with E-state index in [9.17, 15) is 0 Å². The van der Waals surface area contributed by atoms with Crippen molar-refractivity contribution >= 4 is 10.8 Å². The molecule has 2 heteroatoms. The highest BCUT2D eigenvalue weighted by molar-refractivity contribution is 5.83. The molecule has 2 N–H and O–H groups in total. The van der Waals surface area contributed by atoms with Gasteiger partial charge in [-0.3, -0.25) is 0 Å². The Morgan fingerprint density at radius 2 is 1.52 bits per heavy atom. The van der Waals surface area contributed by atoms with Crippen molar-refractivity contribution < 1.29 is 4.74 Å². The summed E-state index contributed by atoms with van der Waals surface area (Å²) in [5.41, 5.74) is 9.72. The van der Waals surface area contributed by atoms with Crippen LogP contribution in [0.5, 0.6) is 5.75 Å². The fraction of sp³-hybridized carbons (Fsp3) is 0.158. The van der Waals surface area contributed by atoms with Crippen LogP contribution in [0.4, 0.5) is 0 Å². The summed E-state index contributed by atoms with van der Waals surface area (Å²) in [6.07, 6.45) is 0. The molecule has 106 valence electrons. The lowest BCUT2D eigenvalue weighted by Crippen LogP contribution is -2.12. The van der Waals surface area contributed by atoms with Gasteiger partial charge in [0.05, 0.1) is 13.2 Å². The van der Waals surface area contributed by atoms with Gasteiger partial charge in [-0.15, -0.1) is 0 Å². The van der Waals surface area contributed by atoms with E-state index in [1.807, 2.05) is 25.1 Å². The molecular weight excluding hydrogens is 258 g/mol. The maximum atomic E-state index is 6.43. The van der Waals surface area contributed by atoms with E-state index in [4.69, 9.17) is 10.5 Å². The van der Waals surface area contributed by atoms with Crippen LogP contribution in [-0.4, -0.2) is 7.11 Å². The summed E-state index contributed by atoms with van der Waals surface area (Å²) in [7, 11) is 1.69. The third-order valence-electron chi connectivity index (χ3n) is 3.92. The Morgan fingerprint density at radius 3 is 2.29 bits per heavy atom. The van der Waals surface area contributed by atoms with E-state index in [1.165, 1.54) is 10.8 Å². The van der Waals surface area contributed by atoms with Crippen molar-refractivity contribution in [3.05, 3.63) is 77.4 Å². The largest absolute Gasteiger partial charge is 0.496 e. The highest BCUT2D eigenvalue weighted by Crippen LogP contribution is 2.27. The first-order valence-electron chi connectivity index (χ1n) is 7.08. The second-order valence-corrected chi connectivity index (χ2v) is 5.31. The van der Waals surface area contributed by atoms with Gasteiger partial charge in [0.15, 0.2) is 0 Å². The molecule has 0 aromatic heterocycles. The number of nitrogens with two attached hydrogens (primary N) is 1. The molecule has 0 aliphatic carbocycles. The molecule has 3 aromatic rings. The normalized spacial score (nSPS) is 12.3. The highest BCUT2D eigenvalue weighted by Gasteiger charge is 2.11. The molecule has 0 saturated carbocycles. The van der Waals surface area contributed by atoms with Crippen LogP contribution in [0.15, 0.2) is 60.7 Å². The van der Waals surface area contributed by atoms with Gasteiger partial charge >= 0.3 is 0 Å². The standard InChI is InChI=1S/C19H19NO/c1-13-7-8-17(12-18(13)21-2)19(20)16-10-9-14-5-3-4-6-15(14)11-16/h3-12,19H,20H2,1-2H3. The molecule has 0 radical (unpaired) electrons. The Bertz CT molecular complexity index is 779. The van der Waals surface area contributed by atoms with Crippen LogP contribution in [0, 0.1) is 6.92 Å². The fourth-order valence-corrected chi connectivity index (χ4v) is 2.62. The van der Waals surface area contributed by atoms with Gasteiger partial charge in [-0.1, -0.05) is 48.5 Å². The predicted molar refractivity (Wildman–Crippen MR) is 87.7 cm³/mol. The van der Waals surface area contributed by atoms with Gasteiger partial charge in [-0.2, -0.15) is 0 Å². The van der Waals surface area contributed by atoms with Crippen molar-refractivity contribution in [2.24, 2.45) is 5.73 Å². The number of hydrogen-bond acceptors (Lipinski definition) is 2. The van der Waals surface area contributed by atoms with Crippen LogP contribution in [0.2, 0.25) is 0 Å². The van der Waals surface area contributed by atoms with Gasteiger partial charge in [0.25, 0.3) is 0 Å². The molecule has 3 aromatic carbocycles. The summed E-state index contributed by atoms with van der Waals surface area (Å²) >= 11 is 0. The lowest BCUT2D eigenvalue weighted by atomic mass is 9.96. The lowest BCUT2D eigenvalue weighted by Gasteiger charge is -2.15. The quantitative estimate of drug-likeness (QED) is 0.778. The van der Waals surface area contributed by atoms with E-state index in [-0.39, 0.29) is 6.04 Å². The average Bonchev–Trinajstić information content (AvgIpc) is 2.54. The summed E-state index contributed by atoms with van der Waals surface area (Å²) in [4.78, 5) is 0. The summed E-state index contributed by atoms with van der Waals surface area (Å²) < 4.78 is 5.39. The minimum atomic E-state index is -0.149. The van der Waals surface area contributed by atoms with Crippen LogP contribution >= 0.6 is 0 Å². The number of ether oxygens (including phenoxy) is 1. The molecule has 1 unspecified atom stereocenters. The van der Waals surface area contributed by atoms with E-state index in [0.717, 1.165) is 22.4 Å². The maximum Gasteiger partial charge on any atom is 0.122 e. The Kier molecular flexibility index (Phi) is 3.63. The van der Waals surface area contributed by atoms with Crippen molar-refractivity contribution in [3.63, 3.8) is 0 Å². The zero-order chi connectivity index (χ0) is 14.8. The molecule has 0 aliphatic heterocycles. The summed E-state index contributed by atoms with van der Waals surface area (Å²) in [6, 6.07) is 20.7. The SMILES string of the molecule is COc1cc(C(N)c2ccc3ccccc3c2)ccc1C. The van der Waals surface area contributed by atoms with Gasteiger partial charge in [-0.05, 0) is 46.5 Å². The third kappa shape index (κ3) is 2.63. The smallest absolute Gasteiger partial charge is 0.122 e. The molecule has 1 atom stereocenters. The predicted octanol–water partition coefficient (Wildman–Crippen LogP) is 4.20. The molecule has 21 heavy (non-hydrogen) atoms. The van der Waals surface area contributed by atoms with Crippen LogP contribution < -0.4 is 10.5 Å². The van der Waals surface area contributed by atoms with E-state index < -0.39 is 0 Å². The maximum absolute atomic E-state index is 6.43. The number of fused-ring (bicyclic) bond motifs is 1. The highest BCUT2D eigenvalue weighted by atomic mass is 16.5. The number of rotatable bonds is 3. The molecule has 0 bridgehead atoms. The van der Waals surface area contributed by atoms with Gasteiger partial charge in [-0.25, -0.2) is 0 Å². The molecular formula is C19H19NO. The van der Waals surface area contributed by atoms with Crippen molar-refractivity contribution in [3.8, 4) is 5.75 Å². The van der Waals surface area contributed by atoms with Crippen molar-refractivity contribution in [1.29, 1.82) is 0 Å². The number of benzene rings is 3. The Balaban J connectivity index is 2.01. The summed E-state index contributed by atoms with van der Waals surface area (Å²) in [5.74, 6) is 0.878. The van der Waals surface area contributed by atoms with E-state index >= 15 is 0 Å². The van der Waals surface area contributed by atoms with Crippen molar-refractivity contribution in [2.75, 3.05) is 7.11 Å². The van der Waals surface area contributed by atoms with Crippen LogP contribution in [0.1, 0.15) is 22.7 Å². The van der Waals surface area contributed by atoms with Gasteiger partial charge < -0.3 is 10.5 Å². The molecule has 3 rings (SSSR count). The van der Waals surface area contributed by atoms with Crippen molar-refractivity contribution in [2.45, 2.75) is 13.0 Å². The molecule has 0 aliphatic rings. The second kappa shape index (κ2) is 5.58. The summed E-state index contributed by atoms with van der Waals surface area (Å²) in [5, 5.41) is 2.44. The van der Waals surface area contributed by atoms with Crippen molar-refractivity contribution in [1.82, 2.24) is 0 Å². The minimum absolute atomic E-state index is 0.149. The monoisotopic (exact) mass is 277 g/mol. The first kappa shape index (κ1) is 13.7. The fourth-order valence-electron chi connectivity index (χ4n) is 2.62. The first-order valence-corrected chi connectivity index (χ1v) is 7.08. The number of aryl methyl sites for hydroxylation is 1. The van der Waals surface area contributed by atoms with Crippen LogP contribution in [0.25, 0.3) is 10.8 Å². The van der Waals surface area contributed by atoms with E-state index in [2.05, 4.69) is 42.5 Å². The average molecular weight is 277 g/mol. The zero-order valence-corrected chi connectivity index (χ0v) is 12.3. The molecule has 0 saturated heterocycles. The topological polar surface area (TPSA) is 35.2 Å². The molecule has 0 fully saturated rings. The Hall–Kier alpha value is -2.32. The molecule has 0 heterocycles. The third-order valence-corrected chi connectivity index (χ3v) is 3.92. The molecule has 0 spiro atoms. The van der Waals surface area contributed by atoms with Gasteiger partial charge in [0, 0.05) is 0 Å². The summed E-state index contributed by atoms with van der Waals surface area (Å²) in [6.45, 7) is 2.03. The van der Waals surface area contributed by atoms with E-state index in [0.29, 0.717) is 0 Å². The van der Waals surface area contributed by atoms with E-state index in [1.54, 1.807) is 7.11 Å². The number of hydrogen-bond donors (Lipinski definition) is 1. The van der Waals surface area contributed by atoms with Crippen LogP contribution in [-0.2, 0) is 0 Å². The van der Waals surface area contributed by atoms with Gasteiger partial charge in [0.1, 0.15) is 5.75 Å².